The maximum Gasteiger partial charge on any atom is 0.119 e. The van der Waals surface area contributed by atoms with Crippen molar-refractivity contribution in [1.29, 1.82) is 0 Å². The molecule has 0 radical (unpaired) electrons. The molecule has 0 bridgehead atoms. The van der Waals surface area contributed by atoms with Gasteiger partial charge in [0.2, 0.25) is 0 Å². The van der Waals surface area contributed by atoms with Crippen LogP contribution in [0.4, 0.5) is 0 Å². The van der Waals surface area contributed by atoms with E-state index in [1.165, 1.54) is 76.8 Å². The molecule has 2 nitrogen and oxygen atoms in total. The summed E-state index contributed by atoms with van der Waals surface area (Å²) in [5.41, 5.74) is 4.28. The number of rotatable bonds is 19. The van der Waals surface area contributed by atoms with Crippen LogP contribution in [0, 0.1) is 23.7 Å². The summed E-state index contributed by atoms with van der Waals surface area (Å²) in [5.74, 6) is 9.99. The Labute approximate surface area is 352 Å². The third kappa shape index (κ3) is 25.0. The van der Waals surface area contributed by atoms with Crippen molar-refractivity contribution in [3.63, 3.8) is 0 Å². The molecule has 0 spiro atoms. The van der Waals surface area contributed by atoms with E-state index in [-0.39, 0.29) is 0 Å². The highest BCUT2D eigenvalue weighted by molar-refractivity contribution is 7.99. The minimum atomic E-state index is 0.733. The number of methoxy groups -OCH3 is 1. The standard InChI is InChI=1S/C14H16.C13H20O.C13H20S.C12H18OS/c1-11(2)9-12-7-8-13-5-3-4-6-14(13)10-12;1-12(2)8-6-7-11-14-13-9-4-3-5-10-13;1-12(2)11-14-10-6-9-13-7-4-3-5-8-13;1-10(2)8-14-9-11-4-6-12(13-3)7-5-11/h3-8,10-11H,9H2,1-2H3;3-5,9-10,12H,6-8,11H2,1-2H3;3-5,7-8,12H,6,9-11H2,1-2H3;4-7,10H,8-9H2,1-3H3. The highest BCUT2D eigenvalue weighted by Crippen LogP contribution is 2.19. The smallest absolute Gasteiger partial charge is 0.119 e. The fourth-order valence-electron chi connectivity index (χ4n) is 5.67. The summed E-state index contributed by atoms with van der Waals surface area (Å²) in [7, 11) is 1.70. The van der Waals surface area contributed by atoms with E-state index in [1.54, 1.807) is 7.11 Å². The van der Waals surface area contributed by atoms with Crippen molar-refractivity contribution in [2.24, 2.45) is 23.7 Å². The monoisotopic (exact) mass is 795 g/mol. The van der Waals surface area contributed by atoms with E-state index >= 15 is 0 Å². The molecular formula is C52H74O2S2. The van der Waals surface area contributed by atoms with Crippen molar-refractivity contribution in [2.75, 3.05) is 31.0 Å². The third-order valence-corrected chi connectivity index (χ3v) is 11.5. The van der Waals surface area contributed by atoms with Crippen LogP contribution in [-0.2, 0) is 18.6 Å². The molecule has 5 aromatic rings. The lowest BCUT2D eigenvalue weighted by Gasteiger charge is -2.06. The molecule has 0 heterocycles. The first kappa shape index (κ1) is 48.8. The molecule has 0 N–H and O–H groups in total. The van der Waals surface area contributed by atoms with Crippen LogP contribution in [0.15, 0.2) is 127 Å². The zero-order valence-electron chi connectivity index (χ0n) is 36.3. The van der Waals surface area contributed by atoms with Gasteiger partial charge in [0.15, 0.2) is 0 Å². The van der Waals surface area contributed by atoms with Crippen molar-refractivity contribution in [2.45, 2.75) is 99.7 Å². The summed E-state index contributed by atoms with van der Waals surface area (Å²) in [5, 5.41) is 2.69. The van der Waals surface area contributed by atoms with Gasteiger partial charge >= 0.3 is 0 Å². The highest BCUT2D eigenvalue weighted by Gasteiger charge is 2.00. The molecular weight excluding hydrogens is 721 g/mol. The first-order chi connectivity index (χ1) is 27.0. The third-order valence-electron chi connectivity index (χ3n) is 8.57. The van der Waals surface area contributed by atoms with Gasteiger partial charge in [-0.3, -0.25) is 0 Å². The van der Waals surface area contributed by atoms with Crippen molar-refractivity contribution in [3.8, 4) is 11.5 Å². The van der Waals surface area contributed by atoms with Crippen LogP contribution in [0.25, 0.3) is 10.8 Å². The van der Waals surface area contributed by atoms with E-state index in [2.05, 4.69) is 152 Å². The van der Waals surface area contributed by atoms with Crippen molar-refractivity contribution in [3.05, 3.63) is 144 Å². The average molecular weight is 795 g/mol. The molecule has 5 rings (SSSR count). The van der Waals surface area contributed by atoms with Gasteiger partial charge in [-0.05, 0) is 125 Å². The van der Waals surface area contributed by atoms with Crippen LogP contribution >= 0.6 is 23.5 Å². The number of para-hydroxylation sites is 1. The summed E-state index contributed by atoms with van der Waals surface area (Å²) < 4.78 is 10.7. The Balaban J connectivity index is 0.000000258. The van der Waals surface area contributed by atoms with E-state index in [9.17, 15) is 0 Å². The molecule has 0 aromatic heterocycles. The van der Waals surface area contributed by atoms with Crippen LogP contribution in [0.2, 0.25) is 0 Å². The van der Waals surface area contributed by atoms with Gasteiger partial charge < -0.3 is 9.47 Å². The van der Waals surface area contributed by atoms with Crippen molar-refractivity contribution < 1.29 is 9.47 Å². The van der Waals surface area contributed by atoms with Gasteiger partial charge in [-0.2, -0.15) is 23.5 Å². The zero-order valence-corrected chi connectivity index (χ0v) is 38.0. The molecule has 0 aliphatic carbocycles. The fourth-order valence-corrected chi connectivity index (χ4v) is 7.68. The molecule has 0 aliphatic rings. The minimum absolute atomic E-state index is 0.733. The summed E-state index contributed by atoms with van der Waals surface area (Å²) in [6.07, 6.45) is 7.44. The lowest BCUT2D eigenvalue weighted by molar-refractivity contribution is 0.301. The second-order valence-electron chi connectivity index (χ2n) is 16.1. The van der Waals surface area contributed by atoms with Gasteiger partial charge in [0.1, 0.15) is 11.5 Å². The second kappa shape index (κ2) is 30.8. The van der Waals surface area contributed by atoms with E-state index in [0.29, 0.717) is 0 Å². The molecule has 306 valence electrons. The predicted molar refractivity (Wildman–Crippen MR) is 254 cm³/mol. The fraction of sp³-hybridized carbons (Fsp3) is 0.462. The summed E-state index contributed by atoms with van der Waals surface area (Å²) in [6.45, 7) is 19.0. The SMILES string of the molecule is CC(C)CCCCOc1ccccc1.CC(C)CSCCCc1ccccc1.CC(C)Cc1ccc2ccccc2c1.COc1ccc(CSCC(C)C)cc1. The second-order valence-corrected chi connectivity index (χ2v) is 18.3. The maximum atomic E-state index is 5.59. The summed E-state index contributed by atoms with van der Waals surface area (Å²) >= 11 is 4.07. The number of fused-ring (bicyclic) bond motifs is 1. The number of benzene rings is 5. The lowest BCUT2D eigenvalue weighted by Crippen LogP contribution is -1.98. The number of unbranched alkanes of at least 4 members (excludes halogenated alkanes) is 1. The van der Waals surface area contributed by atoms with E-state index < -0.39 is 0 Å². The Morgan fingerprint density at radius 1 is 0.482 bits per heavy atom. The van der Waals surface area contributed by atoms with Crippen molar-refractivity contribution >= 4 is 34.3 Å². The first-order valence-electron chi connectivity index (χ1n) is 21.0. The van der Waals surface area contributed by atoms with Crippen LogP contribution in [-0.4, -0.2) is 31.0 Å². The Bertz CT molecular complexity index is 1580. The molecule has 0 unspecified atom stereocenters. The van der Waals surface area contributed by atoms with E-state index in [1.807, 2.05) is 54.2 Å². The zero-order chi connectivity index (χ0) is 40.8. The van der Waals surface area contributed by atoms with Gasteiger partial charge in [-0.1, -0.05) is 165 Å². The van der Waals surface area contributed by atoms with Crippen LogP contribution in [0.5, 0.6) is 11.5 Å². The number of ether oxygens (including phenoxy) is 2. The number of hydrogen-bond donors (Lipinski definition) is 0. The van der Waals surface area contributed by atoms with Crippen LogP contribution in [0.3, 0.4) is 0 Å². The number of aryl methyl sites for hydroxylation is 1. The largest absolute Gasteiger partial charge is 0.497 e. The Morgan fingerprint density at radius 2 is 1.07 bits per heavy atom. The number of thioether (sulfide) groups is 2. The first-order valence-corrected chi connectivity index (χ1v) is 23.3. The van der Waals surface area contributed by atoms with Gasteiger partial charge in [0, 0.05) is 5.75 Å². The van der Waals surface area contributed by atoms with E-state index in [4.69, 9.17) is 9.47 Å². The number of hydrogen-bond acceptors (Lipinski definition) is 4. The van der Waals surface area contributed by atoms with Crippen molar-refractivity contribution in [1.82, 2.24) is 0 Å². The molecule has 0 amide bonds. The van der Waals surface area contributed by atoms with Gasteiger partial charge in [0.25, 0.3) is 0 Å². The Hall–Kier alpha value is -3.34. The lowest BCUT2D eigenvalue weighted by atomic mass is 10.00. The molecule has 56 heavy (non-hydrogen) atoms. The molecule has 4 heteroatoms. The Kier molecular flexibility index (Phi) is 26.8. The normalized spacial score (nSPS) is 10.7. The summed E-state index contributed by atoms with van der Waals surface area (Å²) in [4.78, 5) is 0. The average Bonchev–Trinajstić information content (AvgIpc) is 3.19. The topological polar surface area (TPSA) is 18.5 Å². The maximum absolute atomic E-state index is 5.59. The minimum Gasteiger partial charge on any atom is -0.497 e. The predicted octanol–water partition coefficient (Wildman–Crippen LogP) is 15.5. The molecule has 0 fully saturated rings. The van der Waals surface area contributed by atoms with Gasteiger partial charge in [-0.25, -0.2) is 0 Å². The van der Waals surface area contributed by atoms with Crippen LogP contribution in [0.1, 0.15) is 97.8 Å². The van der Waals surface area contributed by atoms with Crippen LogP contribution < -0.4 is 9.47 Å². The molecule has 0 atom stereocenters. The molecule has 0 saturated carbocycles. The summed E-state index contributed by atoms with van der Waals surface area (Å²) in [6, 6.07) is 44.4. The molecule has 0 aliphatic heterocycles. The Morgan fingerprint density at radius 3 is 1.68 bits per heavy atom. The molecule has 0 saturated heterocycles. The van der Waals surface area contributed by atoms with Gasteiger partial charge in [-0.15, -0.1) is 0 Å². The highest BCUT2D eigenvalue weighted by atomic mass is 32.2. The van der Waals surface area contributed by atoms with Gasteiger partial charge in [0.05, 0.1) is 13.7 Å². The molecule has 5 aromatic carbocycles. The van der Waals surface area contributed by atoms with E-state index in [0.717, 1.165) is 54.0 Å². The quantitative estimate of drug-likeness (QED) is 0.0775.